The van der Waals surface area contributed by atoms with E-state index in [-0.39, 0.29) is 33.3 Å². The van der Waals surface area contributed by atoms with Crippen LogP contribution in [0.25, 0.3) is 6.08 Å². The van der Waals surface area contributed by atoms with Crippen LogP contribution in [0, 0.1) is 17.0 Å². The summed E-state index contributed by atoms with van der Waals surface area (Å²) in [4.78, 5) is 37.0. The fourth-order valence-corrected chi connectivity index (χ4v) is 5.05. The molecule has 1 aliphatic rings. The van der Waals surface area contributed by atoms with E-state index in [0.717, 1.165) is 22.2 Å². The van der Waals surface area contributed by atoms with Crippen molar-refractivity contribution < 1.29 is 27.1 Å². The predicted molar refractivity (Wildman–Crippen MR) is 130 cm³/mol. The van der Waals surface area contributed by atoms with Crippen molar-refractivity contribution >= 4 is 44.8 Å². The van der Waals surface area contributed by atoms with Gasteiger partial charge in [0.2, 0.25) is 0 Å². The number of nitro groups is 1. The minimum atomic E-state index is -4.00. The molecule has 3 aromatic rings. The number of imide groups is 1. The zero-order valence-corrected chi connectivity index (χ0v) is 19.9. The molecular formula is C24H18N2O7S2. The number of nitrogens with zero attached hydrogens (tertiary/aromatic N) is 2. The molecule has 0 unspecified atom stereocenters. The fraction of sp³-hybridized carbons (Fsp3) is 0.0833. The molecule has 1 aliphatic heterocycles. The third-order valence-corrected chi connectivity index (χ3v) is 7.25. The largest absolute Gasteiger partial charge is 0.379 e. The van der Waals surface area contributed by atoms with Crippen LogP contribution in [-0.4, -0.2) is 29.4 Å². The van der Waals surface area contributed by atoms with E-state index in [2.05, 4.69) is 0 Å². The molecule has 0 N–H and O–H groups in total. The Hall–Kier alpha value is -3.96. The monoisotopic (exact) mass is 510 g/mol. The first-order chi connectivity index (χ1) is 16.6. The zero-order valence-electron chi connectivity index (χ0n) is 18.3. The number of hydrogen-bond donors (Lipinski definition) is 0. The molecule has 0 atom stereocenters. The van der Waals surface area contributed by atoms with E-state index in [0.29, 0.717) is 5.56 Å². The van der Waals surface area contributed by atoms with Crippen LogP contribution in [0.3, 0.4) is 0 Å². The van der Waals surface area contributed by atoms with E-state index in [9.17, 15) is 28.1 Å². The van der Waals surface area contributed by atoms with Crippen molar-refractivity contribution in [3.05, 3.63) is 105 Å². The number of carbonyl (C=O) groups excluding carboxylic acids is 2. The smallest absolute Gasteiger partial charge is 0.339 e. The highest BCUT2D eigenvalue weighted by Gasteiger charge is 2.36. The topological polar surface area (TPSA) is 124 Å². The van der Waals surface area contributed by atoms with Gasteiger partial charge in [0.15, 0.2) is 0 Å². The maximum absolute atomic E-state index is 12.8. The molecule has 11 heteroatoms. The number of hydrogen-bond acceptors (Lipinski definition) is 8. The first-order valence-corrected chi connectivity index (χ1v) is 12.5. The van der Waals surface area contributed by atoms with Crippen LogP contribution in [0.1, 0.15) is 16.7 Å². The summed E-state index contributed by atoms with van der Waals surface area (Å²) in [5.41, 5.74) is 1.53. The van der Waals surface area contributed by atoms with Gasteiger partial charge in [0, 0.05) is 11.6 Å². The Bertz CT molecular complexity index is 1450. The number of thioether (sulfide) groups is 1. The number of benzene rings is 3. The maximum Gasteiger partial charge on any atom is 0.339 e. The van der Waals surface area contributed by atoms with Crippen molar-refractivity contribution in [1.29, 1.82) is 0 Å². The second-order valence-electron chi connectivity index (χ2n) is 7.57. The number of aryl methyl sites for hydroxylation is 1. The van der Waals surface area contributed by atoms with Crippen molar-refractivity contribution in [2.45, 2.75) is 18.4 Å². The van der Waals surface area contributed by atoms with Crippen LogP contribution in [0.2, 0.25) is 0 Å². The Labute approximate surface area is 205 Å². The van der Waals surface area contributed by atoms with E-state index in [1.54, 1.807) is 30.3 Å². The van der Waals surface area contributed by atoms with Crippen LogP contribution in [0.5, 0.6) is 5.75 Å². The molecule has 1 heterocycles. The molecule has 4 rings (SSSR count). The van der Waals surface area contributed by atoms with E-state index < -0.39 is 26.2 Å². The molecule has 0 saturated carbocycles. The molecule has 178 valence electrons. The molecule has 1 fully saturated rings. The van der Waals surface area contributed by atoms with E-state index >= 15 is 0 Å². The SMILES string of the molecule is Cc1ccc(S(=O)(=O)Oc2ccc(/C=C3\SC(=O)N(Cc4ccccc4[N+](=O)[O-])C3=O)cc2)cc1. The maximum atomic E-state index is 12.8. The Kier molecular flexibility index (Phi) is 6.72. The number of carbonyl (C=O) groups is 2. The lowest BCUT2D eigenvalue weighted by Crippen LogP contribution is -2.27. The van der Waals surface area contributed by atoms with Crippen molar-refractivity contribution in [2.75, 3.05) is 0 Å². The highest BCUT2D eigenvalue weighted by atomic mass is 32.2. The normalized spacial score (nSPS) is 15.0. The Morgan fingerprint density at radius 2 is 1.66 bits per heavy atom. The molecule has 0 radical (unpaired) electrons. The third kappa shape index (κ3) is 5.42. The predicted octanol–water partition coefficient (Wildman–Crippen LogP) is 4.91. The van der Waals surface area contributed by atoms with Gasteiger partial charge in [-0.25, -0.2) is 0 Å². The average molecular weight is 511 g/mol. The molecule has 0 aliphatic carbocycles. The lowest BCUT2D eigenvalue weighted by molar-refractivity contribution is -0.385. The molecule has 0 aromatic heterocycles. The summed E-state index contributed by atoms with van der Waals surface area (Å²) in [6.07, 6.45) is 1.49. The van der Waals surface area contributed by atoms with Gasteiger partial charge in [-0.05, 0) is 54.6 Å². The molecule has 3 aromatic carbocycles. The van der Waals surface area contributed by atoms with Crippen molar-refractivity contribution in [2.24, 2.45) is 0 Å². The van der Waals surface area contributed by atoms with Gasteiger partial charge in [-0.2, -0.15) is 8.42 Å². The standard InChI is InChI=1S/C24H18N2O7S2/c1-16-6-12-20(13-7-16)35(31,32)33-19-10-8-17(9-11-19)14-22-23(27)25(24(28)34-22)15-18-4-2-3-5-21(18)26(29)30/h2-14H,15H2,1H3/b22-14-. The van der Waals surface area contributed by atoms with Crippen molar-refractivity contribution in [3.8, 4) is 5.75 Å². The summed E-state index contributed by atoms with van der Waals surface area (Å²) in [7, 11) is -4.00. The zero-order chi connectivity index (χ0) is 25.2. The van der Waals surface area contributed by atoms with Crippen molar-refractivity contribution in [3.63, 3.8) is 0 Å². The molecule has 9 nitrogen and oxygen atoms in total. The lowest BCUT2D eigenvalue weighted by atomic mass is 10.1. The number of amides is 2. The first kappa shape index (κ1) is 24.2. The van der Waals surface area contributed by atoms with Crippen LogP contribution < -0.4 is 4.18 Å². The molecular weight excluding hydrogens is 492 g/mol. The fourth-order valence-electron chi connectivity index (χ4n) is 3.28. The minimum Gasteiger partial charge on any atom is -0.379 e. The minimum absolute atomic E-state index is 0.0273. The summed E-state index contributed by atoms with van der Waals surface area (Å²) in [6, 6.07) is 18.1. The highest BCUT2D eigenvalue weighted by molar-refractivity contribution is 8.18. The van der Waals surface area contributed by atoms with Crippen LogP contribution in [-0.2, 0) is 21.5 Å². The summed E-state index contributed by atoms with van der Waals surface area (Å²) in [5, 5.41) is 10.7. The number of para-hydroxylation sites is 1. The summed E-state index contributed by atoms with van der Waals surface area (Å²) >= 11 is 0.724. The van der Waals surface area contributed by atoms with Crippen LogP contribution in [0.4, 0.5) is 10.5 Å². The number of rotatable bonds is 7. The van der Waals surface area contributed by atoms with Crippen molar-refractivity contribution in [1.82, 2.24) is 4.90 Å². The van der Waals surface area contributed by atoms with Gasteiger partial charge in [-0.15, -0.1) is 0 Å². The van der Waals surface area contributed by atoms with Gasteiger partial charge in [-0.3, -0.25) is 24.6 Å². The molecule has 0 spiro atoms. The second kappa shape index (κ2) is 9.72. The first-order valence-electron chi connectivity index (χ1n) is 10.2. The second-order valence-corrected chi connectivity index (χ2v) is 10.1. The molecule has 1 saturated heterocycles. The van der Waals surface area contributed by atoms with Gasteiger partial charge in [-0.1, -0.05) is 48.0 Å². The summed E-state index contributed by atoms with van der Waals surface area (Å²) < 4.78 is 30.0. The van der Waals surface area contributed by atoms with Gasteiger partial charge in [0.25, 0.3) is 16.8 Å². The van der Waals surface area contributed by atoms with Gasteiger partial charge in [0.05, 0.1) is 16.4 Å². The Balaban J connectivity index is 1.48. The van der Waals surface area contributed by atoms with Gasteiger partial charge >= 0.3 is 10.1 Å². The quantitative estimate of drug-likeness (QED) is 0.190. The average Bonchev–Trinajstić information content (AvgIpc) is 3.08. The van der Waals surface area contributed by atoms with E-state index in [1.165, 1.54) is 48.5 Å². The highest BCUT2D eigenvalue weighted by Crippen LogP contribution is 2.34. The molecule has 0 bridgehead atoms. The molecule has 35 heavy (non-hydrogen) atoms. The third-order valence-electron chi connectivity index (χ3n) is 5.08. The Morgan fingerprint density at radius 1 is 1.00 bits per heavy atom. The Morgan fingerprint density at radius 3 is 2.31 bits per heavy atom. The lowest BCUT2D eigenvalue weighted by Gasteiger charge is -2.12. The van der Waals surface area contributed by atoms with Gasteiger partial charge in [0.1, 0.15) is 10.6 Å². The summed E-state index contributed by atoms with van der Waals surface area (Å²) in [5.74, 6) is -0.479. The van der Waals surface area contributed by atoms with E-state index in [4.69, 9.17) is 4.18 Å². The van der Waals surface area contributed by atoms with Gasteiger partial charge < -0.3 is 4.18 Å². The van der Waals surface area contributed by atoms with E-state index in [1.807, 2.05) is 6.92 Å². The number of nitro benzene ring substituents is 1. The molecule has 2 amide bonds. The summed E-state index contributed by atoms with van der Waals surface area (Å²) in [6.45, 7) is 1.62. The van der Waals surface area contributed by atoms with Crippen LogP contribution in [0.15, 0.2) is 82.6 Å². The van der Waals surface area contributed by atoms with Crippen LogP contribution >= 0.6 is 11.8 Å².